The summed E-state index contributed by atoms with van der Waals surface area (Å²) < 4.78 is 16.3. The third-order valence-corrected chi connectivity index (χ3v) is 4.26. The lowest BCUT2D eigenvalue weighted by atomic mass is 9.93. The van der Waals surface area contributed by atoms with E-state index in [1.807, 2.05) is 13.8 Å². The second-order valence-electron chi connectivity index (χ2n) is 4.69. The molecular formula is C13H22O6S. The van der Waals surface area contributed by atoms with Gasteiger partial charge in [-0.25, -0.2) is 0 Å². The third-order valence-electron chi connectivity index (χ3n) is 3.06. The zero-order chi connectivity index (χ0) is 15.3. The number of rotatable bonds is 5. The summed E-state index contributed by atoms with van der Waals surface area (Å²) in [5.41, 5.74) is -0.215. The first-order valence-electron chi connectivity index (χ1n) is 6.63. The number of hydrogen-bond acceptors (Lipinski definition) is 7. The van der Waals surface area contributed by atoms with Gasteiger partial charge in [-0.05, 0) is 5.75 Å². The first-order chi connectivity index (χ1) is 9.40. The lowest BCUT2D eigenvalue weighted by Crippen LogP contribution is -2.56. The van der Waals surface area contributed by atoms with E-state index in [9.17, 15) is 14.7 Å². The second kappa shape index (κ2) is 7.85. The van der Waals surface area contributed by atoms with Crippen LogP contribution in [0.3, 0.4) is 0 Å². The first kappa shape index (κ1) is 17.3. The van der Waals surface area contributed by atoms with Gasteiger partial charge in [0.1, 0.15) is 17.6 Å². The molecule has 0 aromatic rings. The average Bonchev–Trinajstić information content (AvgIpc) is 2.36. The van der Waals surface area contributed by atoms with Crippen molar-refractivity contribution in [3.8, 4) is 0 Å². The Balaban J connectivity index is 2.96. The standard InChI is InChI=1S/C13H22O6S/c1-5-20-13-7(2)11(17-8(3)15)12(18-9(4)16)10(6-14)19-13/h7,10-14H,5-6H2,1-4H3/t7-,10?,11-,12+,13?/m1/s1. The van der Waals surface area contributed by atoms with E-state index in [0.29, 0.717) is 0 Å². The number of esters is 2. The van der Waals surface area contributed by atoms with Crippen molar-refractivity contribution < 1.29 is 28.9 Å². The van der Waals surface area contributed by atoms with Crippen molar-refractivity contribution in [2.24, 2.45) is 5.92 Å². The average molecular weight is 306 g/mol. The lowest BCUT2D eigenvalue weighted by Gasteiger charge is -2.43. The van der Waals surface area contributed by atoms with Gasteiger partial charge in [0.2, 0.25) is 0 Å². The Hall–Kier alpha value is -0.790. The number of thioether (sulfide) groups is 1. The molecule has 0 radical (unpaired) electrons. The van der Waals surface area contributed by atoms with Gasteiger partial charge in [-0.1, -0.05) is 13.8 Å². The molecular weight excluding hydrogens is 284 g/mol. The maximum Gasteiger partial charge on any atom is 0.303 e. The van der Waals surface area contributed by atoms with Crippen molar-refractivity contribution in [1.82, 2.24) is 0 Å². The topological polar surface area (TPSA) is 82.1 Å². The van der Waals surface area contributed by atoms with E-state index in [1.54, 1.807) is 11.8 Å². The number of ether oxygens (including phenoxy) is 3. The summed E-state index contributed by atoms with van der Waals surface area (Å²) >= 11 is 1.57. The quantitative estimate of drug-likeness (QED) is 0.757. The molecule has 6 nitrogen and oxygen atoms in total. The van der Waals surface area contributed by atoms with Crippen LogP contribution in [-0.2, 0) is 23.8 Å². The Morgan fingerprint density at radius 3 is 2.20 bits per heavy atom. The van der Waals surface area contributed by atoms with E-state index >= 15 is 0 Å². The molecule has 0 aromatic heterocycles. The molecule has 0 amide bonds. The zero-order valence-electron chi connectivity index (χ0n) is 12.2. The van der Waals surface area contributed by atoms with Gasteiger partial charge in [-0.2, -0.15) is 0 Å². The van der Waals surface area contributed by atoms with Gasteiger partial charge in [-0.15, -0.1) is 11.8 Å². The van der Waals surface area contributed by atoms with Gasteiger partial charge in [-0.3, -0.25) is 9.59 Å². The molecule has 116 valence electrons. The van der Waals surface area contributed by atoms with Crippen LogP contribution in [0.5, 0.6) is 0 Å². The van der Waals surface area contributed by atoms with Gasteiger partial charge in [0.25, 0.3) is 0 Å². The largest absolute Gasteiger partial charge is 0.458 e. The highest BCUT2D eigenvalue weighted by Gasteiger charge is 2.47. The highest BCUT2D eigenvalue weighted by Crippen LogP contribution is 2.35. The molecule has 0 aromatic carbocycles. The molecule has 20 heavy (non-hydrogen) atoms. The van der Waals surface area contributed by atoms with Crippen LogP contribution in [0.15, 0.2) is 0 Å². The Morgan fingerprint density at radius 2 is 1.75 bits per heavy atom. The summed E-state index contributed by atoms with van der Waals surface area (Å²) in [6, 6.07) is 0. The molecule has 1 aliphatic heterocycles. The molecule has 1 N–H and O–H groups in total. The van der Waals surface area contributed by atoms with Crippen LogP contribution < -0.4 is 0 Å². The van der Waals surface area contributed by atoms with Crippen LogP contribution in [0, 0.1) is 5.92 Å². The smallest absolute Gasteiger partial charge is 0.303 e. The second-order valence-corrected chi connectivity index (χ2v) is 6.06. The lowest BCUT2D eigenvalue weighted by molar-refractivity contribution is -0.215. The highest BCUT2D eigenvalue weighted by atomic mass is 32.2. The van der Waals surface area contributed by atoms with Crippen LogP contribution in [-0.4, -0.2) is 53.2 Å². The van der Waals surface area contributed by atoms with Crippen molar-refractivity contribution in [3.05, 3.63) is 0 Å². The minimum Gasteiger partial charge on any atom is -0.458 e. The summed E-state index contributed by atoms with van der Waals surface area (Å²) in [5.74, 6) is -0.255. The van der Waals surface area contributed by atoms with Crippen LogP contribution >= 0.6 is 11.8 Å². The van der Waals surface area contributed by atoms with Crippen molar-refractivity contribution in [2.45, 2.75) is 51.4 Å². The fourth-order valence-corrected chi connectivity index (χ4v) is 3.25. The normalized spacial score (nSPS) is 33.5. The summed E-state index contributed by atoms with van der Waals surface area (Å²) in [4.78, 5) is 22.5. The number of carbonyl (C=O) groups excluding carboxylic acids is 2. The maximum atomic E-state index is 11.3. The van der Waals surface area contributed by atoms with Crippen LogP contribution in [0.1, 0.15) is 27.7 Å². The summed E-state index contributed by atoms with van der Waals surface area (Å²) in [7, 11) is 0. The van der Waals surface area contributed by atoms with Crippen LogP contribution in [0.25, 0.3) is 0 Å². The maximum absolute atomic E-state index is 11.3. The minimum atomic E-state index is -0.787. The highest BCUT2D eigenvalue weighted by molar-refractivity contribution is 7.99. The predicted molar refractivity (Wildman–Crippen MR) is 74.2 cm³/mol. The van der Waals surface area contributed by atoms with E-state index < -0.39 is 30.3 Å². The Morgan fingerprint density at radius 1 is 1.20 bits per heavy atom. The van der Waals surface area contributed by atoms with Crippen molar-refractivity contribution in [1.29, 1.82) is 0 Å². The Bertz CT molecular complexity index is 348. The van der Waals surface area contributed by atoms with Gasteiger partial charge >= 0.3 is 11.9 Å². The van der Waals surface area contributed by atoms with Gasteiger partial charge in [0.15, 0.2) is 6.10 Å². The number of carbonyl (C=O) groups is 2. The SMILES string of the molecule is CCSC1OC(CO)[C@H](OC(C)=O)[C@H](OC(C)=O)[C@H]1C. The summed E-state index contributed by atoms with van der Waals surface area (Å²) in [5, 5.41) is 9.43. The van der Waals surface area contributed by atoms with Crippen LogP contribution in [0.4, 0.5) is 0 Å². The Labute approximate surface area is 123 Å². The van der Waals surface area contributed by atoms with E-state index in [2.05, 4.69) is 0 Å². The number of hydrogen-bond donors (Lipinski definition) is 1. The molecule has 1 heterocycles. The minimum absolute atomic E-state index is 0.143. The first-order valence-corrected chi connectivity index (χ1v) is 7.67. The number of aliphatic hydroxyl groups excluding tert-OH is 1. The van der Waals surface area contributed by atoms with E-state index in [0.717, 1.165) is 5.75 Å². The Kier molecular flexibility index (Phi) is 6.78. The van der Waals surface area contributed by atoms with Gasteiger partial charge in [0, 0.05) is 19.8 Å². The van der Waals surface area contributed by atoms with E-state index in [1.165, 1.54) is 13.8 Å². The molecule has 1 fully saturated rings. The molecule has 1 rings (SSSR count). The molecule has 1 saturated heterocycles. The van der Waals surface area contributed by atoms with E-state index in [-0.39, 0.29) is 18.0 Å². The van der Waals surface area contributed by atoms with Crippen molar-refractivity contribution in [3.63, 3.8) is 0 Å². The fraction of sp³-hybridized carbons (Fsp3) is 0.846. The zero-order valence-corrected chi connectivity index (χ0v) is 13.0. The van der Waals surface area contributed by atoms with Gasteiger partial charge in [0.05, 0.1) is 6.61 Å². The fourth-order valence-electron chi connectivity index (χ4n) is 2.24. The summed E-state index contributed by atoms with van der Waals surface area (Å²) in [6.07, 6.45) is -2.10. The summed E-state index contributed by atoms with van der Waals surface area (Å²) in [6.45, 7) is 6.15. The molecule has 0 aliphatic carbocycles. The van der Waals surface area contributed by atoms with Crippen molar-refractivity contribution in [2.75, 3.05) is 12.4 Å². The predicted octanol–water partition coefficient (Wildman–Crippen LogP) is 0.956. The molecule has 7 heteroatoms. The van der Waals surface area contributed by atoms with Crippen LogP contribution in [0.2, 0.25) is 0 Å². The third kappa shape index (κ3) is 4.36. The molecule has 2 unspecified atom stereocenters. The molecule has 0 bridgehead atoms. The molecule has 1 aliphatic rings. The molecule has 0 saturated carbocycles. The molecule has 5 atom stereocenters. The molecule has 0 spiro atoms. The monoisotopic (exact) mass is 306 g/mol. The van der Waals surface area contributed by atoms with E-state index in [4.69, 9.17) is 14.2 Å². The van der Waals surface area contributed by atoms with Crippen molar-refractivity contribution >= 4 is 23.7 Å². The number of aliphatic hydroxyl groups is 1. The van der Waals surface area contributed by atoms with Gasteiger partial charge < -0.3 is 19.3 Å².